The first-order chi connectivity index (χ1) is 14.6. The molecule has 0 bridgehead atoms. The topological polar surface area (TPSA) is 99.2 Å². The Kier molecular flexibility index (Phi) is 8.91. The lowest BCUT2D eigenvalue weighted by Crippen LogP contribution is -2.40. The van der Waals surface area contributed by atoms with Crippen molar-refractivity contribution in [3.63, 3.8) is 0 Å². The van der Waals surface area contributed by atoms with Crippen LogP contribution in [0.3, 0.4) is 0 Å². The summed E-state index contributed by atoms with van der Waals surface area (Å²) in [6.07, 6.45) is 3.19. The average molecular weight is 454 g/mol. The molecule has 1 aromatic rings. The van der Waals surface area contributed by atoms with Gasteiger partial charge in [-0.3, -0.25) is 4.79 Å². The second kappa shape index (κ2) is 11.2. The van der Waals surface area contributed by atoms with E-state index in [1.165, 1.54) is 18.0 Å². The normalized spacial score (nSPS) is 17.6. The number of esters is 1. The van der Waals surface area contributed by atoms with E-state index in [-0.39, 0.29) is 17.5 Å². The summed E-state index contributed by atoms with van der Waals surface area (Å²) in [5, 5.41) is 0. The highest BCUT2D eigenvalue weighted by Gasteiger charge is 2.32. The third-order valence-corrected chi connectivity index (χ3v) is 6.49. The summed E-state index contributed by atoms with van der Waals surface area (Å²) in [6.45, 7) is 6.59. The third-order valence-electron chi connectivity index (χ3n) is 4.74. The van der Waals surface area contributed by atoms with Gasteiger partial charge in [-0.1, -0.05) is 19.9 Å². The van der Waals surface area contributed by atoms with Gasteiger partial charge in [0.15, 0.2) is 27.9 Å². The SMILES string of the molecule is CCOc1cc(C=CC(=O)OCC(=O)N(C)C2CCS(=O)(=O)C2)ccc1OCC(C)C. The van der Waals surface area contributed by atoms with Crippen molar-refractivity contribution in [2.45, 2.75) is 33.2 Å². The van der Waals surface area contributed by atoms with Crippen LogP contribution in [-0.2, 0) is 24.2 Å². The van der Waals surface area contributed by atoms with E-state index in [0.717, 1.165) is 5.56 Å². The van der Waals surface area contributed by atoms with Crippen LogP contribution in [0.15, 0.2) is 24.3 Å². The Morgan fingerprint density at radius 3 is 2.58 bits per heavy atom. The van der Waals surface area contributed by atoms with Crippen LogP contribution in [0.2, 0.25) is 0 Å². The Hall–Kier alpha value is -2.55. The number of ether oxygens (including phenoxy) is 3. The maximum Gasteiger partial charge on any atom is 0.331 e. The van der Waals surface area contributed by atoms with Gasteiger partial charge in [0, 0.05) is 19.2 Å². The van der Waals surface area contributed by atoms with Crippen LogP contribution in [0.4, 0.5) is 0 Å². The molecule has 1 fully saturated rings. The minimum Gasteiger partial charge on any atom is -0.490 e. The van der Waals surface area contributed by atoms with Gasteiger partial charge in [-0.2, -0.15) is 0 Å². The molecule has 0 aliphatic carbocycles. The number of benzene rings is 1. The van der Waals surface area contributed by atoms with Gasteiger partial charge in [-0.25, -0.2) is 13.2 Å². The number of sulfone groups is 1. The first-order valence-corrected chi connectivity index (χ1v) is 12.1. The van der Waals surface area contributed by atoms with E-state index >= 15 is 0 Å². The zero-order valence-corrected chi connectivity index (χ0v) is 19.3. The predicted molar refractivity (Wildman–Crippen MR) is 118 cm³/mol. The highest BCUT2D eigenvalue weighted by Crippen LogP contribution is 2.29. The fourth-order valence-electron chi connectivity index (χ4n) is 3.00. The van der Waals surface area contributed by atoms with Crippen LogP contribution < -0.4 is 9.47 Å². The average Bonchev–Trinajstić information content (AvgIpc) is 3.08. The molecule has 1 atom stereocenters. The Bertz CT molecular complexity index is 908. The van der Waals surface area contributed by atoms with Crippen LogP contribution in [0.1, 0.15) is 32.8 Å². The highest BCUT2D eigenvalue weighted by molar-refractivity contribution is 7.91. The van der Waals surface area contributed by atoms with Crippen molar-refractivity contribution in [2.75, 3.05) is 38.4 Å². The lowest BCUT2D eigenvalue weighted by molar-refractivity contribution is -0.148. The largest absolute Gasteiger partial charge is 0.490 e. The molecule has 0 aromatic heterocycles. The predicted octanol–water partition coefficient (Wildman–Crippen LogP) is 2.32. The molecule has 0 N–H and O–H groups in total. The minimum absolute atomic E-state index is 0.0534. The Morgan fingerprint density at radius 2 is 1.97 bits per heavy atom. The monoisotopic (exact) mass is 453 g/mol. The molecule has 1 saturated heterocycles. The summed E-state index contributed by atoms with van der Waals surface area (Å²) in [4.78, 5) is 25.5. The zero-order valence-electron chi connectivity index (χ0n) is 18.5. The number of hydrogen-bond donors (Lipinski definition) is 0. The smallest absolute Gasteiger partial charge is 0.331 e. The molecule has 1 aromatic carbocycles. The number of carbonyl (C=O) groups excluding carboxylic acids is 2. The standard InChI is InChI=1S/C22H31NO7S/c1-5-28-20-12-17(6-8-19(20)29-13-16(2)3)7-9-22(25)30-14-21(24)23(4)18-10-11-31(26,27)15-18/h6-9,12,16,18H,5,10-11,13-15H2,1-4H3. The summed E-state index contributed by atoms with van der Waals surface area (Å²) in [7, 11) is -1.57. The van der Waals surface area contributed by atoms with Gasteiger partial charge in [0.25, 0.3) is 5.91 Å². The molecule has 0 saturated carbocycles. The van der Waals surface area contributed by atoms with Crippen LogP contribution in [0, 0.1) is 5.92 Å². The molecule has 172 valence electrons. The van der Waals surface area contributed by atoms with Crippen LogP contribution in [-0.4, -0.2) is 69.6 Å². The maximum atomic E-state index is 12.2. The van der Waals surface area contributed by atoms with Gasteiger partial charge in [0.2, 0.25) is 0 Å². The van der Waals surface area contributed by atoms with E-state index in [4.69, 9.17) is 14.2 Å². The van der Waals surface area contributed by atoms with Crippen molar-refractivity contribution in [1.82, 2.24) is 4.90 Å². The zero-order chi connectivity index (χ0) is 23.0. The summed E-state index contributed by atoms with van der Waals surface area (Å²) < 4.78 is 39.5. The van der Waals surface area contributed by atoms with E-state index in [1.807, 2.05) is 6.92 Å². The van der Waals surface area contributed by atoms with Crippen LogP contribution in [0.25, 0.3) is 6.08 Å². The summed E-state index contributed by atoms with van der Waals surface area (Å²) in [5.41, 5.74) is 0.719. The van der Waals surface area contributed by atoms with Gasteiger partial charge in [0.05, 0.1) is 24.7 Å². The van der Waals surface area contributed by atoms with Crippen molar-refractivity contribution in [3.8, 4) is 11.5 Å². The number of hydrogen-bond acceptors (Lipinski definition) is 7. The number of carbonyl (C=O) groups is 2. The molecule has 1 heterocycles. The molecular weight excluding hydrogens is 422 g/mol. The first-order valence-electron chi connectivity index (χ1n) is 10.3. The molecule has 1 aliphatic rings. The number of nitrogens with zero attached hydrogens (tertiary/aromatic N) is 1. The fraction of sp³-hybridized carbons (Fsp3) is 0.545. The lowest BCUT2D eigenvalue weighted by Gasteiger charge is -2.22. The van der Waals surface area contributed by atoms with Crippen molar-refractivity contribution in [1.29, 1.82) is 0 Å². The molecular formula is C22H31NO7S. The molecule has 9 heteroatoms. The first kappa shape index (κ1) is 24.7. The van der Waals surface area contributed by atoms with Gasteiger partial charge >= 0.3 is 5.97 Å². The van der Waals surface area contributed by atoms with Crippen molar-refractivity contribution < 1.29 is 32.2 Å². The molecule has 0 radical (unpaired) electrons. The molecule has 1 aliphatic heterocycles. The van der Waals surface area contributed by atoms with Crippen LogP contribution >= 0.6 is 0 Å². The Labute approximate surface area is 184 Å². The van der Waals surface area contributed by atoms with Gasteiger partial charge < -0.3 is 19.1 Å². The van der Waals surface area contributed by atoms with Gasteiger partial charge in [-0.15, -0.1) is 0 Å². The summed E-state index contributed by atoms with van der Waals surface area (Å²) in [5.74, 6) is 0.516. The number of amides is 1. The molecule has 1 unspecified atom stereocenters. The molecule has 0 spiro atoms. The van der Waals surface area contributed by atoms with E-state index in [9.17, 15) is 18.0 Å². The van der Waals surface area contributed by atoms with Gasteiger partial charge in [0.1, 0.15) is 0 Å². The van der Waals surface area contributed by atoms with Crippen LogP contribution in [0.5, 0.6) is 11.5 Å². The second-order valence-corrected chi connectivity index (χ2v) is 10.1. The van der Waals surface area contributed by atoms with E-state index < -0.39 is 28.3 Å². The third kappa shape index (κ3) is 7.90. The minimum atomic E-state index is -3.10. The summed E-state index contributed by atoms with van der Waals surface area (Å²) in [6, 6.07) is 4.97. The number of likely N-dealkylation sites (N-methyl/N-ethyl adjacent to an activating group) is 1. The fourth-order valence-corrected chi connectivity index (χ4v) is 4.78. The maximum absolute atomic E-state index is 12.2. The van der Waals surface area contributed by atoms with Crippen molar-refractivity contribution in [2.24, 2.45) is 5.92 Å². The van der Waals surface area contributed by atoms with Gasteiger partial charge in [-0.05, 0) is 43.0 Å². The van der Waals surface area contributed by atoms with Crippen molar-refractivity contribution >= 4 is 27.8 Å². The summed E-state index contributed by atoms with van der Waals surface area (Å²) >= 11 is 0. The lowest BCUT2D eigenvalue weighted by atomic mass is 10.2. The van der Waals surface area contributed by atoms with E-state index in [1.54, 1.807) is 24.3 Å². The highest BCUT2D eigenvalue weighted by atomic mass is 32.2. The van der Waals surface area contributed by atoms with Crippen molar-refractivity contribution in [3.05, 3.63) is 29.8 Å². The molecule has 31 heavy (non-hydrogen) atoms. The Morgan fingerprint density at radius 1 is 1.23 bits per heavy atom. The number of rotatable bonds is 10. The second-order valence-electron chi connectivity index (χ2n) is 7.85. The molecule has 2 rings (SSSR count). The molecule has 8 nitrogen and oxygen atoms in total. The quantitative estimate of drug-likeness (QED) is 0.396. The Balaban J connectivity index is 1.90. The van der Waals surface area contributed by atoms with E-state index in [0.29, 0.717) is 37.1 Å². The molecule has 1 amide bonds. The van der Waals surface area contributed by atoms with E-state index in [2.05, 4.69) is 13.8 Å².